The number of benzene rings is 2. The van der Waals surface area contributed by atoms with Crippen LogP contribution in [-0.2, 0) is 17.2 Å². The average Bonchev–Trinajstić information content (AvgIpc) is 3.00. The van der Waals surface area contributed by atoms with Crippen LogP contribution in [0.5, 0.6) is 0 Å². The number of aryl methyl sites for hydroxylation is 1. The Morgan fingerprint density at radius 3 is 2.58 bits per heavy atom. The van der Waals surface area contributed by atoms with Gasteiger partial charge in [0.25, 0.3) is 11.5 Å². The molecule has 1 fully saturated rings. The summed E-state index contributed by atoms with van der Waals surface area (Å²) in [4.78, 5) is 36.7. The van der Waals surface area contributed by atoms with E-state index in [0.717, 1.165) is 11.4 Å². The zero-order valence-corrected chi connectivity index (χ0v) is 24.6. The van der Waals surface area contributed by atoms with E-state index in [9.17, 15) is 14.7 Å². The topological polar surface area (TPSA) is 122 Å². The van der Waals surface area contributed by atoms with E-state index < -0.39 is 11.7 Å². The zero-order valence-electron chi connectivity index (χ0n) is 24.6. The molecule has 1 amide bonds. The van der Waals surface area contributed by atoms with Crippen LogP contribution in [0.4, 0.5) is 27.3 Å². The molecule has 4 aromatic rings. The van der Waals surface area contributed by atoms with Gasteiger partial charge in [-0.05, 0) is 48.5 Å². The van der Waals surface area contributed by atoms with Crippen LogP contribution < -0.4 is 21.1 Å². The quantitative estimate of drug-likeness (QED) is 0.290. The number of carbonyl (C=O) groups excluding carboxylic acids is 1. The van der Waals surface area contributed by atoms with Crippen LogP contribution in [0.25, 0.3) is 11.3 Å². The minimum Gasteiger partial charge on any atom is -0.394 e. The molecule has 3 heterocycles. The van der Waals surface area contributed by atoms with Gasteiger partial charge < -0.3 is 29.9 Å². The minimum absolute atomic E-state index is 0.0188. The molecule has 0 spiro atoms. The first-order chi connectivity index (χ1) is 20.5. The Morgan fingerprint density at radius 1 is 1.14 bits per heavy atom. The Labute approximate surface area is 249 Å². The molecule has 1 saturated heterocycles. The van der Waals surface area contributed by atoms with Crippen molar-refractivity contribution in [3.8, 4) is 11.3 Å². The monoisotopic (exact) mass is 586 g/mol. The first kappa shape index (κ1) is 29.9. The fraction of sp³-hybridized carbons (Fsp3) is 0.312. The van der Waals surface area contributed by atoms with Crippen molar-refractivity contribution < 1.29 is 19.0 Å². The lowest BCUT2D eigenvalue weighted by atomic mass is 9.91. The molecule has 3 N–H and O–H groups in total. The fourth-order valence-corrected chi connectivity index (χ4v) is 4.77. The van der Waals surface area contributed by atoms with Crippen molar-refractivity contribution in [3.63, 3.8) is 0 Å². The third-order valence-electron chi connectivity index (χ3n) is 7.23. The Hall–Kier alpha value is -4.61. The summed E-state index contributed by atoms with van der Waals surface area (Å²) in [5.41, 5.74) is 2.51. The van der Waals surface area contributed by atoms with Crippen molar-refractivity contribution in [1.29, 1.82) is 0 Å². The molecule has 2 aromatic carbocycles. The largest absolute Gasteiger partial charge is 0.394 e. The predicted octanol–water partition coefficient (Wildman–Crippen LogP) is 4.47. The van der Waals surface area contributed by atoms with Gasteiger partial charge in [0, 0.05) is 60.6 Å². The molecule has 0 radical (unpaired) electrons. The number of hydrogen-bond acceptors (Lipinski definition) is 8. The minimum atomic E-state index is -0.678. The van der Waals surface area contributed by atoms with Crippen molar-refractivity contribution in [3.05, 3.63) is 94.4 Å². The number of aliphatic hydroxyl groups is 1. The van der Waals surface area contributed by atoms with Crippen LogP contribution in [0.2, 0.25) is 0 Å². The maximum atomic E-state index is 15.7. The molecular weight excluding hydrogens is 551 g/mol. The number of hydrogen-bond donors (Lipinski definition) is 3. The van der Waals surface area contributed by atoms with E-state index in [1.54, 1.807) is 25.2 Å². The van der Waals surface area contributed by atoms with Gasteiger partial charge in [0.2, 0.25) is 0 Å². The van der Waals surface area contributed by atoms with Crippen molar-refractivity contribution in [2.24, 2.45) is 7.05 Å². The van der Waals surface area contributed by atoms with Gasteiger partial charge in [-0.1, -0.05) is 26.8 Å². The second kappa shape index (κ2) is 12.3. The summed E-state index contributed by atoms with van der Waals surface area (Å²) >= 11 is 0. The molecule has 1 unspecified atom stereocenters. The van der Waals surface area contributed by atoms with E-state index in [1.165, 1.54) is 29.1 Å². The highest BCUT2D eigenvalue weighted by Gasteiger charge is 2.21. The van der Waals surface area contributed by atoms with E-state index in [0.29, 0.717) is 30.9 Å². The number of aromatic nitrogens is 3. The SMILES string of the molecule is Cn1cc(-c2cccc(NC(=O)c3ccc(C(C)(C)C)nc3)c2F)nc(Nc2ccc(N3CCOC(CO)C3)cc2)c1=O. The highest BCUT2D eigenvalue weighted by Crippen LogP contribution is 2.28. The number of anilines is 4. The number of nitrogens with one attached hydrogen (secondary N) is 2. The summed E-state index contributed by atoms with van der Waals surface area (Å²) in [5, 5.41) is 15.1. The molecule has 1 aliphatic rings. The molecule has 2 aromatic heterocycles. The maximum absolute atomic E-state index is 15.7. The smallest absolute Gasteiger partial charge is 0.293 e. The van der Waals surface area contributed by atoms with Crippen molar-refractivity contribution >= 4 is 28.8 Å². The van der Waals surface area contributed by atoms with Crippen LogP contribution in [0.15, 0.2) is 71.8 Å². The molecule has 43 heavy (non-hydrogen) atoms. The molecule has 10 nitrogen and oxygen atoms in total. The Bertz CT molecular complexity index is 1670. The van der Waals surface area contributed by atoms with Crippen LogP contribution in [-0.4, -0.2) is 58.0 Å². The summed E-state index contributed by atoms with van der Waals surface area (Å²) in [6.45, 7) is 7.86. The van der Waals surface area contributed by atoms with Gasteiger partial charge in [-0.2, -0.15) is 0 Å². The maximum Gasteiger partial charge on any atom is 0.293 e. The summed E-state index contributed by atoms with van der Waals surface area (Å²) in [7, 11) is 1.57. The average molecular weight is 587 g/mol. The molecule has 5 rings (SSSR count). The lowest BCUT2D eigenvalue weighted by Gasteiger charge is -2.33. The van der Waals surface area contributed by atoms with E-state index in [1.807, 2.05) is 45.0 Å². The van der Waals surface area contributed by atoms with Gasteiger partial charge in [0.05, 0.1) is 36.3 Å². The van der Waals surface area contributed by atoms with E-state index in [-0.39, 0.29) is 46.4 Å². The number of rotatable bonds is 7. The number of aliphatic hydroxyl groups excluding tert-OH is 1. The molecule has 0 aliphatic carbocycles. The predicted molar refractivity (Wildman–Crippen MR) is 165 cm³/mol. The zero-order chi connectivity index (χ0) is 30.7. The Balaban J connectivity index is 1.35. The molecule has 11 heteroatoms. The van der Waals surface area contributed by atoms with E-state index >= 15 is 4.39 Å². The number of morpholine rings is 1. The number of pyridine rings is 1. The number of amides is 1. The van der Waals surface area contributed by atoms with Gasteiger partial charge in [0.1, 0.15) is 0 Å². The van der Waals surface area contributed by atoms with Gasteiger partial charge in [0.15, 0.2) is 11.6 Å². The van der Waals surface area contributed by atoms with Gasteiger partial charge in [-0.15, -0.1) is 0 Å². The molecular formula is C32H35FN6O4. The highest BCUT2D eigenvalue weighted by molar-refractivity contribution is 6.04. The van der Waals surface area contributed by atoms with Crippen LogP contribution in [0, 0.1) is 5.82 Å². The third-order valence-corrected chi connectivity index (χ3v) is 7.23. The molecule has 0 saturated carbocycles. The third kappa shape index (κ3) is 6.73. The van der Waals surface area contributed by atoms with Crippen molar-refractivity contribution in [1.82, 2.24) is 14.5 Å². The lowest BCUT2D eigenvalue weighted by molar-refractivity contribution is 0.00357. The Morgan fingerprint density at radius 2 is 1.91 bits per heavy atom. The normalized spacial score (nSPS) is 15.3. The number of carbonyl (C=O) groups is 1. The first-order valence-corrected chi connectivity index (χ1v) is 14.0. The van der Waals surface area contributed by atoms with Gasteiger partial charge in [-0.3, -0.25) is 14.6 Å². The number of halogens is 1. The summed E-state index contributed by atoms with van der Waals surface area (Å²) in [5.74, 6) is -1.14. The standard InChI is InChI=1S/C32H35FN6O4/c1-32(2,3)27-13-8-20(16-34-27)30(41)37-25-7-5-6-24(28(25)33)26-18-38(4)31(42)29(36-26)35-21-9-11-22(12-10-21)39-14-15-43-23(17-39)19-40/h5-13,16,18,23,40H,14-15,17,19H2,1-4H3,(H,35,36)(H,37,41). The van der Waals surface area contributed by atoms with Crippen molar-refractivity contribution in [2.45, 2.75) is 32.3 Å². The molecule has 0 bridgehead atoms. The molecule has 1 atom stereocenters. The number of nitrogens with zero attached hydrogens (tertiary/aromatic N) is 4. The molecule has 224 valence electrons. The first-order valence-electron chi connectivity index (χ1n) is 14.0. The summed E-state index contributed by atoms with van der Waals surface area (Å²) < 4.78 is 22.6. The van der Waals surface area contributed by atoms with E-state index in [2.05, 4.69) is 25.5 Å². The summed E-state index contributed by atoms with van der Waals surface area (Å²) in [6, 6.07) is 15.5. The van der Waals surface area contributed by atoms with E-state index in [4.69, 9.17) is 4.74 Å². The van der Waals surface area contributed by atoms with Crippen LogP contribution in [0.3, 0.4) is 0 Å². The van der Waals surface area contributed by atoms with Crippen molar-refractivity contribution in [2.75, 3.05) is 41.8 Å². The fourth-order valence-electron chi connectivity index (χ4n) is 4.77. The summed E-state index contributed by atoms with van der Waals surface area (Å²) in [6.07, 6.45) is 2.70. The van der Waals surface area contributed by atoms with Crippen LogP contribution in [0.1, 0.15) is 36.8 Å². The lowest BCUT2D eigenvalue weighted by Crippen LogP contribution is -2.44. The number of ether oxygens (including phenoxy) is 1. The second-order valence-electron chi connectivity index (χ2n) is 11.5. The van der Waals surface area contributed by atoms with Gasteiger partial charge >= 0.3 is 0 Å². The van der Waals surface area contributed by atoms with Gasteiger partial charge in [-0.25, -0.2) is 9.37 Å². The van der Waals surface area contributed by atoms with Crippen LogP contribution >= 0.6 is 0 Å². The second-order valence-corrected chi connectivity index (χ2v) is 11.5. The highest BCUT2D eigenvalue weighted by atomic mass is 19.1. The molecule has 1 aliphatic heterocycles. The Kier molecular flexibility index (Phi) is 8.56.